The number of piperazine rings is 1. The van der Waals surface area contributed by atoms with Crippen LogP contribution in [-0.2, 0) is 0 Å². The molecular weight excluding hydrogens is 318 g/mol. The molecule has 0 unspecified atom stereocenters. The molecule has 4 rings (SSSR count). The van der Waals surface area contributed by atoms with E-state index in [1.54, 1.807) is 35.4 Å². The molecule has 1 aromatic carbocycles. The molecule has 7 nitrogen and oxygen atoms in total. The van der Waals surface area contributed by atoms with E-state index >= 15 is 0 Å². The molecule has 2 aromatic heterocycles. The van der Waals surface area contributed by atoms with Gasteiger partial charge in [-0.05, 0) is 24.3 Å². The molecule has 3 heterocycles. The number of H-pyrrole nitrogens is 1. The van der Waals surface area contributed by atoms with Crippen molar-refractivity contribution in [3.8, 4) is 0 Å². The summed E-state index contributed by atoms with van der Waals surface area (Å²) in [5.41, 5.74) is 0.239. The number of nitrogens with one attached hydrogen (secondary N) is 1. The highest BCUT2D eigenvalue weighted by atomic mass is 16.2. The summed E-state index contributed by atoms with van der Waals surface area (Å²) in [4.78, 5) is 40.0. The lowest BCUT2D eigenvalue weighted by Crippen LogP contribution is -2.49. The highest BCUT2D eigenvalue weighted by molar-refractivity contribution is 5.92. The molecule has 1 aliphatic rings. The predicted molar refractivity (Wildman–Crippen MR) is 94.7 cm³/mol. The molecule has 126 valence electrons. The van der Waals surface area contributed by atoms with Crippen molar-refractivity contribution < 1.29 is 4.79 Å². The topological polar surface area (TPSA) is 82.2 Å². The van der Waals surface area contributed by atoms with Gasteiger partial charge in [-0.15, -0.1) is 0 Å². The van der Waals surface area contributed by atoms with Gasteiger partial charge in [0.05, 0.1) is 10.9 Å². The Morgan fingerprint density at radius 2 is 1.76 bits per heavy atom. The molecule has 7 heteroatoms. The van der Waals surface area contributed by atoms with Crippen molar-refractivity contribution >= 4 is 22.6 Å². The molecule has 25 heavy (non-hydrogen) atoms. The number of amides is 1. The monoisotopic (exact) mass is 335 g/mol. The number of fused-ring (bicyclic) bond motifs is 1. The summed E-state index contributed by atoms with van der Waals surface area (Å²) >= 11 is 0. The van der Waals surface area contributed by atoms with Crippen molar-refractivity contribution in [1.82, 2.24) is 19.9 Å². The Balaban J connectivity index is 1.52. The largest absolute Gasteiger partial charge is 0.353 e. The van der Waals surface area contributed by atoms with E-state index in [-0.39, 0.29) is 17.3 Å². The average molecular weight is 335 g/mol. The Bertz CT molecular complexity index is 962. The number of aromatic amines is 1. The molecule has 1 amide bonds. The lowest BCUT2D eigenvalue weighted by atomic mass is 10.2. The predicted octanol–water partition coefficient (Wildman–Crippen LogP) is 1.28. The second kappa shape index (κ2) is 6.35. The van der Waals surface area contributed by atoms with Crippen molar-refractivity contribution in [3.63, 3.8) is 0 Å². The van der Waals surface area contributed by atoms with Gasteiger partial charge >= 0.3 is 0 Å². The average Bonchev–Trinajstić information content (AvgIpc) is 2.68. The number of anilines is 1. The third kappa shape index (κ3) is 2.96. The highest BCUT2D eigenvalue weighted by Gasteiger charge is 2.24. The van der Waals surface area contributed by atoms with Crippen LogP contribution in [0.5, 0.6) is 0 Å². The molecule has 1 fully saturated rings. The summed E-state index contributed by atoms with van der Waals surface area (Å²) in [6.45, 7) is 2.51. The first-order valence-electron chi connectivity index (χ1n) is 8.17. The van der Waals surface area contributed by atoms with Gasteiger partial charge in [0, 0.05) is 32.4 Å². The molecule has 1 aliphatic heterocycles. The molecule has 1 saturated heterocycles. The third-order valence-corrected chi connectivity index (χ3v) is 4.36. The maximum absolute atomic E-state index is 12.7. The van der Waals surface area contributed by atoms with E-state index in [1.165, 1.54) is 0 Å². The number of carbonyl (C=O) groups is 1. The molecule has 0 bridgehead atoms. The van der Waals surface area contributed by atoms with Gasteiger partial charge in [0.2, 0.25) is 0 Å². The molecule has 1 N–H and O–H groups in total. The number of pyridine rings is 1. The van der Waals surface area contributed by atoms with Crippen molar-refractivity contribution in [2.45, 2.75) is 0 Å². The summed E-state index contributed by atoms with van der Waals surface area (Å²) < 4.78 is 0. The van der Waals surface area contributed by atoms with E-state index in [0.717, 1.165) is 5.82 Å². The fraction of sp³-hybridized carbons (Fsp3) is 0.222. The quantitative estimate of drug-likeness (QED) is 0.763. The zero-order valence-corrected chi connectivity index (χ0v) is 13.6. The van der Waals surface area contributed by atoms with Gasteiger partial charge in [0.1, 0.15) is 5.82 Å². The van der Waals surface area contributed by atoms with Gasteiger partial charge in [-0.1, -0.05) is 18.2 Å². The zero-order valence-electron chi connectivity index (χ0n) is 13.6. The van der Waals surface area contributed by atoms with Crippen LogP contribution in [0, 0.1) is 0 Å². The van der Waals surface area contributed by atoms with Gasteiger partial charge in [0.15, 0.2) is 5.82 Å². The maximum Gasteiger partial charge on any atom is 0.289 e. The number of para-hydroxylation sites is 1. The second-order valence-corrected chi connectivity index (χ2v) is 5.90. The maximum atomic E-state index is 12.7. The number of rotatable bonds is 2. The third-order valence-electron chi connectivity index (χ3n) is 4.36. The summed E-state index contributed by atoms with van der Waals surface area (Å²) in [5.74, 6) is 0.755. The Labute approximate surface area is 143 Å². The summed E-state index contributed by atoms with van der Waals surface area (Å²) in [5, 5.41) is 0.485. The van der Waals surface area contributed by atoms with Crippen molar-refractivity contribution in [2.75, 3.05) is 31.1 Å². The van der Waals surface area contributed by atoms with Gasteiger partial charge in [-0.3, -0.25) is 9.59 Å². The van der Waals surface area contributed by atoms with E-state index in [0.29, 0.717) is 37.1 Å². The van der Waals surface area contributed by atoms with E-state index in [2.05, 4.69) is 19.9 Å². The SMILES string of the molecule is O=C(c1nc2ccccc2c(=O)[nH]1)N1CCN(c2ccccn2)CC1. The summed E-state index contributed by atoms with van der Waals surface area (Å²) in [6, 6.07) is 12.8. The van der Waals surface area contributed by atoms with Crippen LogP contribution in [0.4, 0.5) is 5.82 Å². The minimum atomic E-state index is -0.291. The summed E-state index contributed by atoms with van der Waals surface area (Å²) in [7, 11) is 0. The van der Waals surface area contributed by atoms with Gasteiger partial charge in [-0.25, -0.2) is 9.97 Å². The molecular formula is C18H17N5O2. The van der Waals surface area contributed by atoms with Crippen LogP contribution in [-0.4, -0.2) is 51.9 Å². The number of benzene rings is 1. The number of carbonyl (C=O) groups excluding carboxylic acids is 1. The number of aromatic nitrogens is 3. The number of hydrogen-bond donors (Lipinski definition) is 1. The molecule has 0 radical (unpaired) electrons. The van der Waals surface area contributed by atoms with Crippen molar-refractivity contribution in [1.29, 1.82) is 0 Å². The number of hydrogen-bond acceptors (Lipinski definition) is 5. The lowest BCUT2D eigenvalue weighted by Gasteiger charge is -2.35. The highest BCUT2D eigenvalue weighted by Crippen LogP contribution is 2.14. The first-order valence-corrected chi connectivity index (χ1v) is 8.17. The lowest BCUT2D eigenvalue weighted by molar-refractivity contribution is 0.0734. The van der Waals surface area contributed by atoms with Crippen LogP contribution in [0.2, 0.25) is 0 Å². The van der Waals surface area contributed by atoms with E-state index in [9.17, 15) is 9.59 Å². The first kappa shape index (κ1) is 15.3. The van der Waals surface area contributed by atoms with Gasteiger partial charge in [0.25, 0.3) is 11.5 Å². The minimum absolute atomic E-state index is 0.0926. The zero-order chi connectivity index (χ0) is 17.2. The molecule has 3 aromatic rings. The van der Waals surface area contributed by atoms with Gasteiger partial charge < -0.3 is 14.8 Å². The number of nitrogens with zero attached hydrogens (tertiary/aromatic N) is 4. The standard InChI is InChI=1S/C18H17N5O2/c24-17-13-5-1-2-6-14(13)20-16(21-17)18(25)23-11-9-22(10-12-23)15-7-3-4-8-19-15/h1-8H,9-12H2,(H,20,21,24). The van der Waals surface area contributed by atoms with Crippen LogP contribution in [0.25, 0.3) is 10.9 Å². The normalized spacial score (nSPS) is 14.7. The fourth-order valence-corrected chi connectivity index (χ4v) is 3.02. The Kier molecular flexibility index (Phi) is 3.89. The minimum Gasteiger partial charge on any atom is -0.353 e. The van der Waals surface area contributed by atoms with Gasteiger partial charge in [-0.2, -0.15) is 0 Å². The summed E-state index contributed by atoms with van der Waals surface area (Å²) in [6.07, 6.45) is 1.76. The van der Waals surface area contributed by atoms with Crippen LogP contribution >= 0.6 is 0 Å². The fourth-order valence-electron chi connectivity index (χ4n) is 3.02. The van der Waals surface area contributed by atoms with Crippen molar-refractivity contribution in [2.24, 2.45) is 0 Å². The van der Waals surface area contributed by atoms with Crippen molar-refractivity contribution in [3.05, 3.63) is 64.8 Å². The van der Waals surface area contributed by atoms with Crippen LogP contribution < -0.4 is 10.5 Å². The van der Waals surface area contributed by atoms with E-state index < -0.39 is 0 Å². The van der Waals surface area contributed by atoms with Crippen LogP contribution in [0.15, 0.2) is 53.5 Å². The molecule has 0 saturated carbocycles. The van der Waals surface area contributed by atoms with Crippen LogP contribution in [0.1, 0.15) is 10.6 Å². The van der Waals surface area contributed by atoms with Crippen LogP contribution in [0.3, 0.4) is 0 Å². The first-order chi connectivity index (χ1) is 12.2. The molecule has 0 aliphatic carbocycles. The molecule has 0 spiro atoms. The second-order valence-electron chi connectivity index (χ2n) is 5.90. The van der Waals surface area contributed by atoms with E-state index in [1.807, 2.05) is 18.2 Å². The van der Waals surface area contributed by atoms with E-state index in [4.69, 9.17) is 0 Å². The Morgan fingerprint density at radius 3 is 2.52 bits per heavy atom. The Hall–Kier alpha value is -3.22. The molecule has 0 atom stereocenters. The Morgan fingerprint density at radius 1 is 1.00 bits per heavy atom. The smallest absolute Gasteiger partial charge is 0.289 e.